The van der Waals surface area contributed by atoms with Gasteiger partial charge in [-0.2, -0.15) is 0 Å². The molecule has 1 aromatic carbocycles. The van der Waals surface area contributed by atoms with Crippen molar-refractivity contribution in [1.82, 2.24) is 9.97 Å². The van der Waals surface area contributed by atoms with Gasteiger partial charge in [0.05, 0.1) is 6.61 Å². The average Bonchev–Trinajstić information content (AvgIpc) is 2.46. The predicted molar refractivity (Wildman–Crippen MR) is 91.5 cm³/mol. The Kier molecular flexibility index (Phi) is 6.15. The van der Waals surface area contributed by atoms with Crippen molar-refractivity contribution in [2.24, 2.45) is 0 Å². The number of ether oxygens (including phenoxy) is 1. The number of halogens is 2. The Labute approximate surface area is 144 Å². The van der Waals surface area contributed by atoms with Crippen LogP contribution in [0.1, 0.15) is 16.2 Å². The Morgan fingerprint density at radius 2 is 1.87 bits per heavy atom. The molecule has 0 fully saturated rings. The number of benzene rings is 1. The zero-order valence-corrected chi connectivity index (χ0v) is 14.2. The number of aromatic nitrogens is 2. The van der Waals surface area contributed by atoms with Crippen LogP contribution in [0.25, 0.3) is 0 Å². The molecule has 0 radical (unpaired) electrons. The van der Waals surface area contributed by atoms with Crippen LogP contribution in [0.4, 0.5) is 11.6 Å². The van der Waals surface area contributed by atoms with Crippen molar-refractivity contribution >= 4 is 40.7 Å². The van der Waals surface area contributed by atoms with Crippen molar-refractivity contribution in [3.8, 4) is 0 Å². The SMILES string of the molecule is COCCNc1nc(C)cc(C(=O)Nc2cc(Cl)cc(Cl)c2)n1. The van der Waals surface area contributed by atoms with Crippen LogP contribution in [-0.2, 0) is 4.74 Å². The minimum atomic E-state index is -0.372. The summed E-state index contributed by atoms with van der Waals surface area (Å²) in [5.41, 5.74) is 1.42. The number of hydrogen-bond acceptors (Lipinski definition) is 5. The molecule has 2 N–H and O–H groups in total. The summed E-state index contributed by atoms with van der Waals surface area (Å²) < 4.78 is 4.95. The monoisotopic (exact) mass is 354 g/mol. The van der Waals surface area contributed by atoms with E-state index in [0.29, 0.717) is 40.5 Å². The van der Waals surface area contributed by atoms with Gasteiger partial charge in [0.15, 0.2) is 0 Å². The third-order valence-electron chi connectivity index (χ3n) is 2.80. The maximum Gasteiger partial charge on any atom is 0.274 e. The normalized spacial score (nSPS) is 10.4. The summed E-state index contributed by atoms with van der Waals surface area (Å²) in [4.78, 5) is 20.7. The molecule has 0 aliphatic heterocycles. The third-order valence-corrected chi connectivity index (χ3v) is 3.23. The first-order chi connectivity index (χ1) is 11.0. The Morgan fingerprint density at radius 3 is 2.52 bits per heavy atom. The fourth-order valence-electron chi connectivity index (χ4n) is 1.85. The molecule has 0 saturated heterocycles. The number of hydrogen-bond donors (Lipinski definition) is 2. The number of amides is 1. The molecule has 1 aromatic heterocycles. The van der Waals surface area contributed by atoms with Crippen LogP contribution in [-0.4, -0.2) is 36.1 Å². The summed E-state index contributed by atoms with van der Waals surface area (Å²) in [5.74, 6) is -0.0000450. The number of methoxy groups -OCH3 is 1. The highest BCUT2D eigenvalue weighted by atomic mass is 35.5. The second-order valence-electron chi connectivity index (χ2n) is 4.75. The first-order valence-electron chi connectivity index (χ1n) is 6.84. The van der Waals surface area contributed by atoms with Crippen LogP contribution in [0, 0.1) is 6.92 Å². The third kappa shape index (κ3) is 5.35. The fraction of sp³-hybridized carbons (Fsp3) is 0.267. The van der Waals surface area contributed by atoms with Crippen LogP contribution in [0.3, 0.4) is 0 Å². The van der Waals surface area contributed by atoms with E-state index in [4.69, 9.17) is 27.9 Å². The van der Waals surface area contributed by atoms with E-state index < -0.39 is 0 Å². The molecule has 8 heteroatoms. The Morgan fingerprint density at radius 1 is 1.17 bits per heavy atom. The predicted octanol–water partition coefficient (Wildman–Crippen LogP) is 3.40. The van der Waals surface area contributed by atoms with E-state index in [9.17, 15) is 4.79 Å². The van der Waals surface area contributed by atoms with Crippen LogP contribution in [0.5, 0.6) is 0 Å². The van der Waals surface area contributed by atoms with Gasteiger partial charge in [0.2, 0.25) is 5.95 Å². The van der Waals surface area contributed by atoms with Crippen molar-refractivity contribution in [2.45, 2.75) is 6.92 Å². The highest BCUT2D eigenvalue weighted by molar-refractivity contribution is 6.35. The van der Waals surface area contributed by atoms with Crippen molar-refractivity contribution in [1.29, 1.82) is 0 Å². The number of aryl methyl sites for hydroxylation is 1. The van der Waals surface area contributed by atoms with Gasteiger partial charge in [0, 0.05) is 35.1 Å². The number of anilines is 2. The Hall–Kier alpha value is -1.89. The summed E-state index contributed by atoms with van der Waals surface area (Å²) in [7, 11) is 1.60. The number of carbonyl (C=O) groups excluding carboxylic acids is 1. The summed E-state index contributed by atoms with van der Waals surface area (Å²) >= 11 is 11.8. The lowest BCUT2D eigenvalue weighted by Gasteiger charge is -2.09. The highest BCUT2D eigenvalue weighted by Crippen LogP contribution is 2.22. The summed E-state index contributed by atoms with van der Waals surface area (Å²) in [6.07, 6.45) is 0. The molecule has 0 aliphatic carbocycles. The molecule has 0 spiro atoms. The van der Waals surface area contributed by atoms with Gasteiger partial charge in [0.25, 0.3) is 5.91 Å². The minimum Gasteiger partial charge on any atom is -0.383 e. The van der Waals surface area contributed by atoms with Gasteiger partial charge in [-0.15, -0.1) is 0 Å². The van der Waals surface area contributed by atoms with Crippen LogP contribution in [0.2, 0.25) is 10.0 Å². The van der Waals surface area contributed by atoms with Gasteiger partial charge in [-0.1, -0.05) is 23.2 Å². The Balaban J connectivity index is 2.14. The molecule has 6 nitrogen and oxygen atoms in total. The van der Waals surface area contributed by atoms with Gasteiger partial charge in [-0.25, -0.2) is 9.97 Å². The number of nitrogens with zero attached hydrogens (tertiary/aromatic N) is 2. The standard InChI is InChI=1S/C15H16Cl2N4O2/c1-9-5-13(21-15(19-9)18-3-4-23-2)14(22)20-12-7-10(16)6-11(17)8-12/h5-8H,3-4H2,1-2H3,(H,20,22)(H,18,19,21). The molecule has 0 saturated carbocycles. The largest absolute Gasteiger partial charge is 0.383 e. The second-order valence-corrected chi connectivity index (χ2v) is 5.62. The van der Waals surface area contributed by atoms with Gasteiger partial charge in [-0.3, -0.25) is 4.79 Å². The molecule has 122 valence electrons. The zero-order chi connectivity index (χ0) is 16.8. The quantitative estimate of drug-likeness (QED) is 0.777. The maximum atomic E-state index is 12.3. The maximum absolute atomic E-state index is 12.3. The lowest BCUT2D eigenvalue weighted by molar-refractivity contribution is 0.102. The van der Waals surface area contributed by atoms with Crippen LogP contribution >= 0.6 is 23.2 Å². The van der Waals surface area contributed by atoms with E-state index in [1.165, 1.54) is 0 Å². The zero-order valence-electron chi connectivity index (χ0n) is 12.7. The van der Waals surface area contributed by atoms with Crippen molar-refractivity contribution in [2.75, 3.05) is 30.9 Å². The highest BCUT2D eigenvalue weighted by Gasteiger charge is 2.11. The van der Waals surface area contributed by atoms with Gasteiger partial charge in [0.1, 0.15) is 5.69 Å². The van der Waals surface area contributed by atoms with E-state index in [-0.39, 0.29) is 11.6 Å². The average molecular weight is 355 g/mol. The van der Waals surface area contributed by atoms with Gasteiger partial charge in [-0.05, 0) is 31.2 Å². The van der Waals surface area contributed by atoms with E-state index in [2.05, 4.69) is 20.6 Å². The van der Waals surface area contributed by atoms with Crippen molar-refractivity contribution in [3.05, 3.63) is 45.7 Å². The molecule has 0 unspecified atom stereocenters. The number of rotatable bonds is 6. The van der Waals surface area contributed by atoms with E-state index in [1.807, 2.05) is 0 Å². The molecular formula is C15H16Cl2N4O2. The van der Waals surface area contributed by atoms with Crippen LogP contribution in [0.15, 0.2) is 24.3 Å². The molecule has 0 aliphatic rings. The van der Waals surface area contributed by atoms with Crippen molar-refractivity contribution < 1.29 is 9.53 Å². The molecule has 2 rings (SSSR count). The molecule has 1 heterocycles. The molecule has 2 aromatic rings. The summed E-state index contributed by atoms with van der Waals surface area (Å²) in [6.45, 7) is 2.85. The topological polar surface area (TPSA) is 76.1 Å². The lowest BCUT2D eigenvalue weighted by atomic mass is 10.3. The smallest absolute Gasteiger partial charge is 0.274 e. The van der Waals surface area contributed by atoms with Crippen LogP contribution < -0.4 is 10.6 Å². The van der Waals surface area contributed by atoms with Gasteiger partial charge < -0.3 is 15.4 Å². The second kappa shape index (κ2) is 8.10. The van der Waals surface area contributed by atoms with E-state index in [1.54, 1.807) is 38.3 Å². The molecular weight excluding hydrogens is 339 g/mol. The van der Waals surface area contributed by atoms with E-state index >= 15 is 0 Å². The lowest BCUT2D eigenvalue weighted by Crippen LogP contribution is -2.17. The molecule has 0 bridgehead atoms. The summed E-state index contributed by atoms with van der Waals surface area (Å²) in [5, 5.41) is 6.58. The minimum absolute atomic E-state index is 0.244. The van der Waals surface area contributed by atoms with E-state index in [0.717, 1.165) is 0 Å². The van der Waals surface area contributed by atoms with Gasteiger partial charge >= 0.3 is 0 Å². The summed E-state index contributed by atoms with van der Waals surface area (Å²) in [6, 6.07) is 6.41. The first-order valence-corrected chi connectivity index (χ1v) is 7.59. The molecule has 23 heavy (non-hydrogen) atoms. The number of carbonyl (C=O) groups is 1. The molecule has 1 amide bonds. The Bertz CT molecular complexity index is 690. The fourth-order valence-corrected chi connectivity index (χ4v) is 2.38. The molecule has 0 atom stereocenters. The first kappa shape index (κ1) is 17.5. The van der Waals surface area contributed by atoms with Crippen molar-refractivity contribution in [3.63, 3.8) is 0 Å². The number of nitrogens with one attached hydrogen (secondary N) is 2.